The van der Waals surface area contributed by atoms with E-state index in [0.717, 1.165) is 60.3 Å². The van der Waals surface area contributed by atoms with Gasteiger partial charge < -0.3 is 4.42 Å². The number of imidazole rings is 1. The number of fused-ring (bicyclic) bond motifs is 7. The van der Waals surface area contributed by atoms with Crippen molar-refractivity contribution in [3.8, 4) is 28.2 Å². The molecule has 2 heterocycles. The number of furan rings is 1. The molecule has 0 radical (unpaired) electrons. The maximum atomic E-state index is 8.76. The van der Waals surface area contributed by atoms with Crippen molar-refractivity contribution < 1.29 is 15.8 Å². The summed E-state index contributed by atoms with van der Waals surface area (Å²) in [5.74, 6) is 1.54. The first-order chi connectivity index (χ1) is 25.5. The lowest BCUT2D eigenvalue weighted by Gasteiger charge is -2.18. The molecule has 7 aromatic carbocycles. The van der Waals surface area contributed by atoms with Crippen molar-refractivity contribution in [2.24, 2.45) is 0 Å². The summed E-state index contributed by atoms with van der Waals surface area (Å²) in [7, 11) is 0. The minimum absolute atomic E-state index is 0.187. The number of para-hydroxylation sites is 4. The highest BCUT2D eigenvalue weighted by Gasteiger charge is 2.30. The molecule has 3 nitrogen and oxygen atoms in total. The summed E-state index contributed by atoms with van der Waals surface area (Å²) in [4.78, 5) is 3.78. The molecule has 0 aliphatic heterocycles. The van der Waals surface area contributed by atoms with Gasteiger partial charge in [0.1, 0.15) is 16.8 Å². The first kappa shape index (κ1) is 23.6. The summed E-state index contributed by atoms with van der Waals surface area (Å²) in [6.45, 7) is 8.98. The summed E-state index contributed by atoms with van der Waals surface area (Å²) in [6.07, 6.45) is 0. The molecule has 9 rings (SSSR count). The molecule has 0 aliphatic carbocycles. The molecular formula is C45H37N2O+. The van der Waals surface area contributed by atoms with E-state index in [-0.39, 0.29) is 29.7 Å². The molecule has 9 aromatic rings. The van der Waals surface area contributed by atoms with Crippen LogP contribution in [-0.2, 0) is 0 Å². The van der Waals surface area contributed by atoms with E-state index < -0.39 is 6.04 Å². The summed E-state index contributed by atoms with van der Waals surface area (Å²) in [5.41, 5.74) is 9.04. The third-order valence-corrected chi connectivity index (χ3v) is 9.69. The maximum absolute atomic E-state index is 8.76. The van der Waals surface area contributed by atoms with Gasteiger partial charge in [0.25, 0.3) is 5.82 Å². The third kappa shape index (κ3) is 4.31. The zero-order chi connectivity index (χ0) is 36.9. The van der Waals surface area contributed by atoms with E-state index in [2.05, 4.69) is 104 Å². The molecular weight excluding hydrogens is 585 g/mol. The molecule has 0 saturated heterocycles. The average molecular weight is 627 g/mol. The van der Waals surface area contributed by atoms with Gasteiger partial charge in [-0.25, -0.2) is 4.98 Å². The molecule has 0 atom stereocenters. The minimum Gasteiger partial charge on any atom is -0.455 e. The number of nitrogens with zero attached hydrogens (tertiary/aromatic N) is 1. The number of hydrogen-bond acceptors (Lipinski definition) is 1. The van der Waals surface area contributed by atoms with Crippen LogP contribution >= 0.6 is 0 Å². The normalized spacial score (nSPS) is 13.6. The van der Waals surface area contributed by atoms with E-state index in [1.807, 2.05) is 36.4 Å². The Morgan fingerprint density at radius 1 is 0.625 bits per heavy atom. The highest BCUT2D eigenvalue weighted by Crippen LogP contribution is 2.41. The van der Waals surface area contributed by atoms with Crippen LogP contribution in [0.1, 0.15) is 57.5 Å². The second-order valence-corrected chi connectivity index (χ2v) is 13.2. The van der Waals surface area contributed by atoms with Crippen molar-refractivity contribution >= 4 is 54.5 Å². The second-order valence-electron chi connectivity index (χ2n) is 13.2. The molecule has 0 aliphatic rings. The van der Waals surface area contributed by atoms with E-state index in [0.29, 0.717) is 23.0 Å². The molecule has 0 spiro atoms. The molecule has 0 fully saturated rings. The second kappa shape index (κ2) is 11.0. The van der Waals surface area contributed by atoms with Gasteiger partial charge in [-0.3, -0.25) is 0 Å². The Balaban J connectivity index is 1.35. The van der Waals surface area contributed by atoms with Crippen molar-refractivity contribution in [2.45, 2.75) is 39.5 Å². The average Bonchev–Trinajstić information content (AvgIpc) is 3.73. The number of rotatable bonds is 5. The van der Waals surface area contributed by atoms with Crippen molar-refractivity contribution in [1.29, 1.82) is 0 Å². The van der Waals surface area contributed by atoms with Crippen LogP contribution in [0, 0.1) is 0 Å². The number of benzene rings is 7. The third-order valence-electron chi connectivity index (χ3n) is 9.69. The van der Waals surface area contributed by atoms with Gasteiger partial charge in [-0.15, -0.1) is 0 Å². The summed E-state index contributed by atoms with van der Waals surface area (Å²) < 4.78 is 51.6. The van der Waals surface area contributed by atoms with Gasteiger partial charge in [0.2, 0.25) is 0 Å². The van der Waals surface area contributed by atoms with Crippen LogP contribution in [0.15, 0.2) is 138 Å². The van der Waals surface area contributed by atoms with Gasteiger partial charge in [0.05, 0.1) is 6.85 Å². The van der Waals surface area contributed by atoms with Crippen molar-refractivity contribution in [2.75, 3.05) is 0 Å². The van der Waals surface area contributed by atoms with E-state index in [4.69, 9.17) is 11.3 Å². The maximum Gasteiger partial charge on any atom is 0.296 e. The predicted octanol–water partition coefficient (Wildman–Crippen LogP) is 12.2. The van der Waals surface area contributed by atoms with Crippen LogP contribution in [0.5, 0.6) is 0 Å². The fourth-order valence-corrected chi connectivity index (χ4v) is 7.44. The molecule has 2 aromatic heterocycles. The van der Waals surface area contributed by atoms with Gasteiger partial charge in [0, 0.05) is 21.9 Å². The zero-order valence-electron chi connectivity index (χ0n) is 32.3. The first-order valence-electron chi connectivity index (χ1n) is 19.1. The molecule has 0 unspecified atom stereocenters. The van der Waals surface area contributed by atoms with Gasteiger partial charge >= 0.3 is 0 Å². The van der Waals surface area contributed by atoms with Gasteiger partial charge in [0.15, 0.2) is 16.6 Å². The van der Waals surface area contributed by atoms with E-state index in [1.165, 1.54) is 16.8 Å². The monoisotopic (exact) mass is 626 g/mol. The van der Waals surface area contributed by atoms with Crippen LogP contribution in [0.4, 0.5) is 0 Å². The van der Waals surface area contributed by atoms with Crippen molar-refractivity contribution in [3.63, 3.8) is 0 Å². The van der Waals surface area contributed by atoms with Crippen molar-refractivity contribution in [1.82, 2.24) is 4.98 Å². The zero-order valence-corrected chi connectivity index (χ0v) is 27.3. The van der Waals surface area contributed by atoms with Crippen LogP contribution in [0.25, 0.3) is 82.7 Å². The summed E-state index contributed by atoms with van der Waals surface area (Å²) in [6, 6.07) is 33.8. The lowest BCUT2D eigenvalue weighted by atomic mass is 9.92. The summed E-state index contributed by atoms with van der Waals surface area (Å²) >= 11 is 0. The Morgan fingerprint density at radius 3 is 2.08 bits per heavy atom. The topological polar surface area (TPSA) is 32.8 Å². The molecule has 0 amide bonds. The molecule has 48 heavy (non-hydrogen) atoms. The predicted molar refractivity (Wildman–Crippen MR) is 201 cm³/mol. The number of nitrogens with one attached hydrogen (secondary N) is 1. The largest absolute Gasteiger partial charge is 0.455 e. The number of aromatic nitrogens is 2. The molecule has 0 saturated carbocycles. The Morgan fingerprint density at radius 2 is 1.31 bits per heavy atom. The summed E-state index contributed by atoms with van der Waals surface area (Å²) in [5, 5.41) is 5.55. The Hall–Kier alpha value is -5.67. The Kier molecular flexibility index (Phi) is 5.39. The minimum atomic E-state index is -0.405. The van der Waals surface area contributed by atoms with Crippen LogP contribution in [0.3, 0.4) is 0 Å². The van der Waals surface area contributed by atoms with E-state index in [1.54, 1.807) is 0 Å². The molecule has 1 N–H and O–H groups in total. The highest BCUT2D eigenvalue weighted by atomic mass is 16.3. The highest BCUT2D eigenvalue weighted by molar-refractivity contribution is 6.20. The number of aromatic amines is 1. The van der Waals surface area contributed by atoms with E-state index in [9.17, 15) is 0 Å². The number of H-pyrrole nitrogens is 1. The molecule has 232 valence electrons. The standard InChI is InChI=1S/C45H36N2O/c1-27(2)31-18-12-19-32(28(3)4)43(31)47-41-23-11-10-22-40(41)46-45(47)36-21-13-20-35-39-26-38-30(25-42(39)48-44(35)36)24-37(29-14-6-5-7-15-29)33-16-8-9-17-34(33)38/h5-28H,1-4H3/p+1/i5D,6D,7D,14D,15D. The van der Waals surface area contributed by atoms with Gasteiger partial charge in [-0.2, -0.15) is 4.57 Å². The Labute approximate surface area is 287 Å². The quantitative estimate of drug-likeness (QED) is 0.150. The van der Waals surface area contributed by atoms with Crippen LogP contribution in [0.2, 0.25) is 0 Å². The smallest absolute Gasteiger partial charge is 0.296 e. The SMILES string of the molecule is [2H]c1c([2H])c([2H])c(-c2cc3cc4oc5c(-c6[nH]c7ccccc7[n+]6-c6c(C(C)C)cccc6C(C)C)cccc5c4cc3c3ccccc23)c([2H])c1[2H]. The fourth-order valence-electron chi connectivity index (χ4n) is 7.44. The van der Waals surface area contributed by atoms with Gasteiger partial charge in [-0.05, 0) is 80.9 Å². The number of hydrogen-bond donors (Lipinski definition) is 1. The van der Waals surface area contributed by atoms with E-state index >= 15 is 0 Å². The van der Waals surface area contributed by atoms with Gasteiger partial charge in [-0.1, -0.05) is 125 Å². The van der Waals surface area contributed by atoms with Crippen LogP contribution < -0.4 is 4.57 Å². The molecule has 0 bridgehead atoms. The lowest BCUT2D eigenvalue weighted by Crippen LogP contribution is -2.35. The molecule has 3 heteroatoms. The fraction of sp³-hybridized carbons (Fsp3) is 0.133. The Bertz CT molecular complexity index is 2920. The first-order valence-corrected chi connectivity index (χ1v) is 16.6. The van der Waals surface area contributed by atoms with Crippen LogP contribution in [-0.4, -0.2) is 4.98 Å². The lowest BCUT2D eigenvalue weighted by molar-refractivity contribution is -0.556. The van der Waals surface area contributed by atoms with Crippen molar-refractivity contribution in [3.05, 3.63) is 144 Å².